The van der Waals surface area contributed by atoms with Crippen molar-refractivity contribution >= 4 is 29.4 Å². The lowest BCUT2D eigenvalue weighted by atomic mass is 9.85. The Kier molecular flexibility index (Phi) is 4.46. The van der Waals surface area contributed by atoms with Crippen LogP contribution in [0.5, 0.6) is 5.75 Å². The van der Waals surface area contributed by atoms with Gasteiger partial charge in [-0.05, 0) is 66.8 Å². The highest BCUT2D eigenvalue weighted by Crippen LogP contribution is 2.53. The number of anilines is 1. The molecule has 7 nitrogen and oxygen atoms in total. The van der Waals surface area contributed by atoms with Crippen molar-refractivity contribution in [2.75, 3.05) is 12.0 Å². The number of amides is 2. The van der Waals surface area contributed by atoms with Gasteiger partial charge in [-0.3, -0.25) is 14.5 Å². The first-order valence-electron chi connectivity index (χ1n) is 10.0. The summed E-state index contributed by atoms with van der Waals surface area (Å²) in [6, 6.07) is 12.2. The van der Waals surface area contributed by atoms with Crippen LogP contribution in [0.1, 0.15) is 27.1 Å². The molecule has 2 aromatic rings. The van der Waals surface area contributed by atoms with Gasteiger partial charge in [0.05, 0.1) is 35.8 Å². The first kappa shape index (κ1) is 19.2. The second-order valence-corrected chi connectivity index (χ2v) is 7.96. The Morgan fingerprint density at radius 1 is 0.806 bits per heavy atom. The standard InChI is InChI=1S/C24H19NO6/c1-30-23(28)13-6-10-18(11-7-13)31-24(29)14-4-8-17(9-5-14)25-21(26)19-15-2-3-16(12-15)20(19)22(25)27/h2-11,15-16,19-20H,12H2,1H3. The molecule has 0 N–H and O–H groups in total. The number of rotatable bonds is 4. The van der Waals surface area contributed by atoms with Gasteiger partial charge in [-0.1, -0.05) is 12.2 Å². The molecule has 0 spiro atoms. The number of hydrogen-bond donors (Lipinski definition) is 0. The predicted molar refractivity (Wildman–Crippen MR) is 109 cm³/mol. The Bertz CT molecular complexity index is 1090. The van der Waals surface area contributed by atoms with Crippen LogP contribution in [-0.2, 0) is 14.3 Å². The lowest BCUT2D eigenvalue weighted by Crippen LogP contribution is -2.32. The van der Waals surface area contributed by atoms with E-state index in [0.717, 1.165) is 6.42 Å². The van der Waals surface area contributed by atoms with E-state index in [4.69, 9.17) is 4.74 Å². The van der Waals surface area contributed by atoms with Crippen LogP contribution in [0.15, 0.2) is 60.7 Å². The maximum atomic E-state index is 12.9. The normalized spacial score (nSPS) is 25.6. The van der Waals surface area contributed by atoms with Gasteiger partial charge in [0, 0.05) is 0 Å². The highest BCUT2D eigenvalue weighted by molar-refractivity contribution is 6.22. The van der Waals surface area contributed by atoms with E-state index >= 15 is 0 Å². The molecule has 2 amide bonds. The van der Waals surface area contributed by atoms with Gasteiger partial charge in [0.2, 0.25) is 11.8 Å². The Hall–Kier alpha value is -3.74. The largest absolute Gasteiger partial charge is 0.465 e. The highest BCUT2D eigenvalue weighted by atomic mass is 16.5. The zero-order valence-corrected chi connectivity index (χ0v) is 16.7. The van der Waals surface area contributed by atoms with E-state index in [0.29, 0.717) is 11.3 Å². The summed E-state index contributed by atoms with van der Waals surface area (Å²) in [6.45, 7) is 0. The molecule has 1 saturated heterocycles. The summed E-state index contributed by atoms with van der Waals surface area (Å²) in [5.41, 5.74) is 1.09. The van der Waals surface area contributed by atoms with Crippen molar-refractivity contribution in [3.63, 3.8) is 0 Å². The predicted octanol–water partition coefficient (Wildman–Crippen LogP) is 3.00. The van der Waals surface area contributed by atoms with Gasteiger partial charge in [-0.25, -0.2) is 9.59 Å². The number of esters is 2. The van der Waals surface area contributed by atoms with Crippen LogP contribution in [0.3, 0.4) is 0 Å². The first-order valence-corrected chi connectivity index (χ1v) is 10.0. The number of allylic oxidation sites excluding steroid dienone is 2. The number of nitrogens with zero attached hydrogens (tertiary/aromatic N) is 1. The number of carbonyl (C=O) groups excluding carboxylic acids is 4. The van der Waals surface area contributed by atoms with Gasteiger partial charge in [-0.15, -0.1) is 0 Å². The minimum absolute atomic E-state index is 0.149. The summed E-state index contributed by atoms with van der Waals surface area (Å²) < 4.78 is 9.96. The number of methoxy groups -OCH3 is 1. The Morgan fingerprint density at radius 2 is 1.32 bits per heavy atom. The van der Waals surface area contributed by atoms with Gasteiger partial charge >= 0.3 is 11.9 Å². The topological polar surface area (TPSA) is 90.0 Å². The van der Waals surface area contributed by atoms with E-state index in [1.54, 1.807) is 12.1 Å². The molecule has 2 fully saturated rings. The van der Waals surface area contributed by atoms with Crippen molar-refractivity contribution in [3.05, 3.63) is 71.8 Å². The maximum Gasteiger partial charge on any atom is 0.343 e. The number of ether oxygens (including phenoxy) is 2. The van der Waals surface area contributed by atoms with Crippen LogP contribution in [-0.4, -0.2) is 30.9 Å². The number of fused-ring (bicyclic) bond motifs is 5. The number of imide groups is 1. The van der Waals surface area contributed by atoms with Crippen LogP contribution >= 0.6 is 0 Å². The molecular formula is C24H19NO6. The summed E-state index contributed by atoms with van der Waals surface area (Å²) in [4.78, 5) is 50.9. The first-order chi connectivity index (χ1) is 15.0. The molecule has 1 saturated carbocycles. The molecule has 2 aromatic carbocycles. The lowest BCUT2D eigenvalue weighted by molar-refractivity contribution is -0.123. The molecular weight excluding hydrogens is 398 g/mol. The third-order valence-corrected chi connectivity index (χ3v) is 6.32. The van der Waals surface area contributed by atoms with Crippen molar-refractivity contribution in [2.24, 2.45) is 23.7 Å². The molecule has 1 aliphatic heterocycles. The minimum Gasteiger partial charge on any atom is -0.465 e. The molecule has 2 bridgehead atoms. The summed E-state index contributed by atoms with van der Waals surface area (Å²) in [6.07, 6.45) is 4.99. The van der Waals surface area contributed by atoms with Crippen molar-refractivity contribution in [3.8, 4) is 5.75 Å². The van der Waals surface area contributed by atoms with Crippen LogP contribution in [0.4, 0.5) is 5.69 Å². The van der Waals surface area contributed by atoms with Crippen LogP contribution in [0, 0.1) is 23.7 Å². The SMILES string of the molecule is COC(=O)c1ccc(OC(=O)c2ccc(N3C(=O)C4C5C=CC(C5)C4C3=O)cc2)cc1. The molecule has 7 heteroatoms. The molecule has 4 atom stereocenters. The summed E-state index contributed by atoms with van der Waals surface area (Å²) in [7, 11) is 1.29. The van der Waals surface area contributed by atoms with E-state index in [9.17, 15) is 19.2 Å². The van der Waals surface area contributed by atoms with Crippen molar-refractivity contribution in [1.82, 2.24) is 0 Å². The zero-order chi connectivity index (χ0) is 21.7. The van der Waals surface area contributed by atoms with Crippen LogP contribution in [0.2, 0.25) is 0 Å². The van der Waals surface area contributed by atoms with E-state index in [2.05, 4.69) is 16.9 Å². The third kappa shape index (κ3) is 3.04. The summed E-state index contributed by atoms with van der Waals surface area (Å²) in [5, 5.41) is 0. The molecule has 0 radical (unpaired) electrons. The van der Waals surface area contributed by atoms with Crippen molar-refractivity contribution < 1.29 is 28.7 Å². The fraction of sp³-hybridized carbons (Fsp3) is 0.250. The number of benzene rings is 2. The second-order valence-electron chi connectivity index (χ2n) is 7.96. The number of hydrogen-bond acceptors (Lipinski definition) is 6. The summed E-state index contributed by atoms with van der Waals surface area (Å²) in [5.74, 6) is -1.33. The molecule has 3 aliphatic rings. The zero-order valence-electron chi connectivity index (χ0n) is 16.7. The molecule has 0 aromatic heterocycles. The Morgan fingerprint density at radius 3 is 1.87 bits per heavy atom. The van der Waals surface area contributed by atoms with E-state index < -0.39 is 11.9 Å². The smallest absolute Gasteiger partial charge is 0.343 e. The van der Waals surface area contributed by atoms with Gasteiger partial charge in [-0.2, -0.15) is 0 Å². The van der Waals surface area contributed by atoms with Gasteiger partial charge in [0.1, 0.15) is 5.75 Å². The molecule has 5 rings (SSSR count). The van der Waals surface area contributed by atoms with Crippen molar-refractivity contribution in [1.29, 1.82) is 0 Å². The quantitative estimate of drug-likeness (QED) is 0.329. The molecule has 2 aliphatic carbocycles. The second kappa shape index (κ2) is 7.19. The molecule has 1 heterocycles. The number of carbonyl (C=O) groups is 4. The van der Waals surface area contributed by atoms with Gasteiger partial charge in [0.25, 0.3) is 0 Å². The highest BCUT2D eigenvalue weighted by Gasteiger charge is 2.59. The Balaban J connectivity index is 1.29. The summed E-state index contributed by atoms with van der Waals surface area (Å²) >= 11 is 0. The molecule has 156 valence electrons. The average molecular weight is 417 g/mol. The van der Waals surface area contributed by atoms with Gasteiger partial charge < -0.3 is 9.47 Å². The van der Waals surface area contributed by atoms with E-state index in [-0.39, 0.29) is 46.8 Å². The monoisotopic (exact) mass is 417 g/mol. The minimum atomic E-state index is -0.587. The third-order valence-electron chi connectivity index (χ3n) is 6.32. The van der Waals surface area contributed by atoms with Crippen LogP contribution in [0.25, 0.3) is 0 Å². The fourth-order valence-corrected chi connectivity index (χ4v) is 4.85. The van der Waals surface area contributed by atoms with Crippen LogP contribution < -0.4 is 9.64 Å². The van der Waals surface area contributed by atoms with E-state index in [1.807, 2.05) is 0 Å². The molecule has 4 unspecified atom stereocenters. The fourth-order valence-electron chi connectivity index (χ4n) is 4.85. The average Bonchev–Trinajstić information content (AvgIpc) is 3.47. The van der Waals surface area contributed by atoms with Gasteiger partial charge in [0.15, 0.2) is 0 Å². The maximum absolute atomic E-state index is 12.9. The molecule has 31 heavy (non-hydrogen) atoms. The van der Waals surface area contributed by atoms with Crippen molar-refractivity contribution in [2.45, 2.75) is 6.42 Å². The Labute approximate surface area is 178 Å². The lowest BCUT2D eigenvalue weighted by Gasteiger charge is -2.17. The van der Waals surface area contributed by atoms with E-state index in [1.165, 1.54) is 48.4 Å².